The first-order chi connectivity index (χ1) is 17.6. The summed E-state index contributed by atoms with van der Waals surface area (Å²) in [6.45, 7) is 4.52. The number of hydrogen-bond acceptors (Lipinski definition) is 2. The number of rotatable bonds is 10. The molecular weight excluding hydrogens is 473 g/mol. The van der Waals surface area contributed by atoms with Gasteiger partial charge in [-0.2, -0.15) is 0 Å². The molecule has 0 saturated carbocycles. The molecule has 0 bridgehead atoms. The van der Waals surface area contributed by atoms with E-state index >= 15 is 0 Å². The Hall–Kier alpha value is -2.52. The van der Waals surface area contributed by atoms with E-state index in [1.54, 1.807) is 0 Å². The molecule has 2 heteroatoms. The number of thiol groups is 2. The van der Waals surface area contributed by atoms with Crippen LogP contribution in [0.15, 0.2) is 70.5 Å². The van der Waals surface area contributed by atoms with Crippen molar-refractivity contribution in [2.24, 2.45) is 0 Å². The second-order valence-corrected chi connectivity index (χ2v) is 10.4. The fraction of sp³-hybridized carbons (Fsp3) is 0.353. The van der Waals surface area contributed by atoms with Gasteiger partial charge in [0, 0.05) is 32.0 Å². The maximum absolute atomic E-state index is 4.40. The zero-order chi connectivity index (χ0) is 25.6. The molecule has 0 aliphatic rings. The van der Waals surface area contributed by atoms with Gasteiger partial charge in [-0.05, 0) is 97.5 Å². The summed E-state index contributed by atoms with van der Waals surface area (Å²) in [6, 6.07) is 20.8. The monoisotopic (exact) mass is 510 g/mol. The van der Waals surface area contributed by atoms with Crippen molar-refractivity contribution in [3.05, 3.63) is 94.0 Å². The molecule has 3 rings (SSSR count). The first-order valence-corrected chi connectivity index (χ1v) is 14.3. The van der Waals surface area contributed by atoms with Gasteiger partial charge in [0.15, 0.2) is 0 Å². The van der Waals surface area contributed by atoms with Gasteiger partial charge in [-0.3, -0.25) is 0 Å². The fourth-order valence-electron chi connectivity index (χ4n) is 4.19. The average molecular weight is 511 g/mol. The van der Waals surface area contributed by atoms with Gasteiger partial charge in [0.2, 0.25) is 0 Å². The molecule has 0 aliphatic carbocycles. The van der Waals surface area contributed by atoms with Crippen LogP contribution in [-0.2, 0) is 12.8 Å². The van der Waals surface area contributed by atoms with Crippen LogP contribution in [0.4, 0.5) is 0 Å². The Morgan fingerprint density at radius 1 is 0.500 bits per heavy atom. The summed E-state index contributed by atoms with van der Waals surface area (Å²) in [5.41, 5.74) is 6.97. The molecule has 0 nitrogen and oxygen atoms in total. The van der Waals surface area contributed by atoms with Crippen LogP contribution in [-0.4, -0.2) is 0 Å². The van der Waals surface area contributed by atoms with Gasteiger partial charge in [-0.15, -0.1) is 25.3 Å². The van der Waals surface area contributed by atoms with E-state index in [1.807, 2.05) is 48.5 Å². The quantitative estimate of drug-likeness (QED) is 0.151. The minimum Gasteiger partial charge on any atom is -0.143 e. The molecule has 0 heterocycles. The summed E-state index contributed by atoms with van der Waals surface area (Å²) in [6.07, 6.45) is 12.0. The standard InChI is InChI=1S/C34H38S2/c1-3-5-7-9-11-29-25-32(20-14-28-17-23-34(36)24-18-28)30(12-10-8-6-4-2)26-31(29)19-13-27-15-21-33(35)22-16-27/h15-18,21-26,35-36H,3-12H2,1-2H3. The van der Waals surface area contributed by atoms with Crippen LogP contribution in [0.2, 0.25) is 0 Å². The maximum Gasteiger partial charge on any atom is 0.0284 e. The van der Waals surface area contributed by atoms with E-state index < -0.39 is 0 Å². The van der Waals surface area contributed by atoms with Gasteiger partial charge in [-0.25, -0.2) is 0 Å². The Kier molecular flexibility index (Phi) is 12.1. The maximum atomic E-state index is 4.40. The third-order valence-electron chi connectivity index (χ3n) is 6.35. The zero-order valence-electron chi connectivity index (χ0n) is 21.7. The lowest BCUT2D eigenvalue weighted by Gasteiger charge is -2.12. The highest BCUT2D eigenvalue weighted by Crippen LogP contribution is 2.22. The van der Waals surface area contributed by atoms with Gasteiger partial charge < -0.3 is 0 Å². The predicted octanol–water partition coefficient (Wildman–Crippen LogP) is 9.31. The van der Waals surface area contributed by atoms with Crippen LogP contribution in [0.1, 0.15) is 98.6 Å². The lowest BCUT2D eigenvalue weighted by Crippen LogP contribution is -1.99. The molecule has 0 atom stereocenters. The summed E-state index contributed by atoms with van der Waals surface area (Å²) >= 11 is 8.80. The topological polar surface area (TPSA) is 0 Å². The Morgan fingerprint density at radius 2 is 0.889 bits per heavy atom. The molecular formula is C34H38S2. The van der Waals surface area contributed by atoms with Crippen molar-refractivity contribution in [1.82, 2.24) is 0 Å². The van der Waals surface area contributed by atoms with Crippen molar-refractivity contribution in [1.29, 1.82) is 0 Å². The van der Waals surface area contributed by atoms with E-state index in [9.17, 15) is 0 Å². The van der Waals surface area contributed by atoms with Crippen molar-refractivity contribution < 1.29 is 0 Å². The SMILES string of the molecule is CCCCCCc1cc(C#Cc2ccc(S)cc2)c(CCCCCC)cc1C#Cc1ccc(S)cc1. The second kappa shape index (κ2) is 15.6. The summed E-state index contributed by atoms with van der Waals surface area (Å²) < 4.78 is 0. The summed E-state index contributed by atoms with van der Waals surface area (Å²) in [5, 5.41) is 0. The normalized spacial score (nSPS) is 10.3. The van der Waals surface area contributed by atoms with Crippen LogP contribution in [0.25, 0.3) is 0 Å². The lowest BCUT2D eigenvalue weighted by molar-refractivity contribution is 0.662. The van der Waals surface area contributed by atoms with Crippen molar-refractivity contribution in [2.45, 2.75) is 87.8 Å². The minimum absolute atomic E-state index is 0.957. The summed E-state index contributed by atoms with van der Waals surface area (Å²) in [5.74, 6) is 13.8. The molecule has 36 heavy (non-hydrogen) atoms. The van der Waals surface area contributed by atoms with Gasteiger partial charge in [0.1, 0.15) is 0 Å². The zero-order valence-corrected chi connectivity index (χ0v) is 23.5. The molecule has 0 amide bonds. The van der Waals surface area contributed by atoms with Gasteiger partial charge >= 0.3 is 0 Å². The molecule has 0 aromatic heterocycles. The van der Waals surface area contributed by atoms with Gasteiger partial charge in [0.05, 0.1) is 0 Å². The smallest absolute Gasteiger partial charge is 0.0284 e. The van der Waals surface area contributed by atoms with Crippen molar-refractivity contribution >= 4 is 25.3 Å². The fourth-order valence-corrected chi connectivity index (χ4v) is 4.49. The van der Waals surface area contributed by atoms with Crippen LogP contribution in [0.3, 0.4) is 0 Å². The molecule has 0 N–H and O–H groups in total. The first-order valence-electron chi connectivity index (χ1n) is 13.4. The number of aryl methyl sites for hydroxylation is 2. The van der Waals surface area contributed by atoms with Crippen LogP contribution in [0.5, 0.6) is 0 Å². The Bertz CT molecular complexity index is 1110. The highest BCUT2D eigenvalue weighted by Gasteiger charge is 2.09. The summed E-state index contributed by atoms with van der Waals surface area (Å²) in [7, 11) is 0. The largest absolute Gasteiger partial charge is 0.143 e. The van der Waals surface area contributed by atoms with Crippen molar-refractivity contribution in [2.75, 3.05) is 0 Å². The Labute approximate surface area is 230 Å². The third-order valence-corrected chi connectivity index (χ3v) is 6.94. The number of unbranched alkanes of at least 4 members (excludes halogenated alkanes) is 6. The molecule has 3 aromatic carbocycles. The number of hydrogen-bond donors (Lipinski definition) is 2. The molecule has 0 aliphatic heterocycles. The van der Waals surface area contributed by atoms with E-state index in [-0.39, 0.29) is 0 Å². The van der Waals surface area contributed by atoms with Crippen LogP contribution < -0.4 is 0 Å². The highest BCUT2D eigenvalue weighted by atomic mass is 32.1. The van der Waals surface area contributed by atoms with Crippen molar-refractivity contribution in [3.63, 3.8) is 0 Å². The third kappa shape index (κ3) is 9.50. The predicted molar refractivity (Wildman–Crippen MR) is 161 cm³/mol. The highest BCUT2D eigenvalue weighted by molar-refractivity contribution is 7.80. The van der Waals surface area contributed by atoms with E-state index in [0.717, 1.165) is 44.9 Å². The summed E-state index contributed by atoms with van der Waals surface area (Å²) in [4.78, 5) is 1.91. The average Bonchev–Trinajstić information content (AvgIpc) is 2.89. The lowest BCUT2D eigenvalue weighted by atomic mass is 9.92. The van der Waals surface area contributed by atoms with Crippen molar-refractivity contribution in [3.8, 4) is 23.7 Å². The molecule has 0 unspecified atom stereocenters. The van der Waals surface area contributed by atoms with Crippen LogP contribution >= 0.6 is 25.3 Å². The minimum atomic E-state index is 0.957. The van der Waals surface area contributed by atoms with E-state index in [2.05, 4.69) is 74.9 Å². The number of benzene rings is 3. The molecule has 3 aromatic rings. The Morgan fingerprint density at radius 3 is 1.25 bits per heavy atom. The van der Waals surface area contributed by atoms with Gasteiger partial charge in [0.25, 0.3) is 0 Å². The van der Waals surface area contributed by atoms with E-state index in [1.165, 1.54) is 62.5 Å². The molecule has 0 radical (unpaired) electrons. The Balaban J connectivity index is 1.99. The first kappa shape index (κ1) is 28.1. The molecule has 0 fully saturated rings. The second-order valence-electron chi connectivity index (χ2n) is 9.38. The van der Waals surface area contributed by atoms with E-state index in [0.29, 0.717) is 0 Å². The molecule has 186 valence electrons. The van der Waals surface area contributed by atoms with E-state index in [4.69, 9.17) is 0 Å². The van der Waals surface area contributed by atoms with Crippen LogP contribution in [0, 0.1) is 23.7 Å². The molecule has 0 spiro atoms. The molecule has 0 saturated heterocycles. The van der Waals surface area contributed by atoms with Gasteiger partial charge in [-0.1, -0.05) is 76.1 Å².